The number of likely N-dealkylation sites (N-methyl/N-ethyl adjacent to an activating group) is 1. The van der Waals surface area contributed by atoms with Gasteiger partial charge in [-0.1, -0.05) is 18.7 Å². The van der Waals surface area contributed by atoms with Crippen LogP contribution in [-0.4, -0.2) is 50.4 Å². The SMILES string of the molecule is C=C/C=C(\C)C(NC)NC1CCN(C(=O)OC)CC1. The van der Waals surface area contributed by atoms with E-state index in [9.17, 15) is 4.79 Å². The molecule has 108 valence electrons. The number of hydrogen-bond donors (Lipinski definition) is 2. The quantitative estimate of drug-likeness (QED) is 0.585. The van der Waals surface area contributed by atoms with E-state index in [1.54, 1.807) is 11.0 Å². The number of hydrogen-bond acceptors (Lipinski definition) is 4. The van der Waals surface area contributed by atoms with Crippen LogP contribution < -0.4 is 10.6 Å². The molecule has 1 aliphatic heterocycles. The third-order valence-electron chi connectivity index (χ3n) is 3.45. The normalized spacial score (nSPS) is 19.1. The Morgan fingerprint density at radius 1 is 1.47 bits per heavy atom. The number of methoxy groups -OCH3 is 1. The summed E-state index contributed by atoms with van der Waals surface area (Å²) in [5.41, 5.74) is 1.20. The molecule has 1 fully saturated rings. The molecule has 0 aromatic carbocycles. The second kappa shape index (κ2) is 7.96. The first-order chi connectivity index (χ1) is 9.12. The molecule has 0 saturated carbocycles. The van der Waals surface area contributed by atoms with Crippen LogP contribution in [0.25, 0.3) is 0 Å². The van der Waals surface area contributed by atoms with Gasteiger partial charge in [-0.15, -0.1) is 0 Å². The molecule has 1 aliphatic rings. The van der Waals surface area contributed by atoms with Crippen molar-refractivity contribution in [1.82, 2.24) is 15.5 Å². The molecule has 5 heteroatoms. The van der Waals surface area contributed by atoms with E-state index in [4.69, 9.17) is 4.74 Å². The number of piperidine rings is 1. The van der Waals surface area contributed by atoms with Gasteiger partial charge >= 0.3 is 6.09 Å². The predicted octanol–water partition coefficient (Wildman–Crippen LogP) is 1.48. The van der Waals surface area contributed by atoms with Crippen molar-refractivity contribution in [2.75, 3.05) is 27.2 Å². The summed E-state index contributed by atoms with van der Waals surface area (Å²) in [7, 11) is 3.36. The van der Waals surface area contributed by atoms with E-state index >= 15 is 0 Å². The summed E-state index contributed by atoms with van der Waals surface area (Å²) in [6.07, 6.45) is 5.58. The highest BCUT2D eigenvalue weighted by atomic mass is 16.5. The number of carbonyl (C=O) groups excluding carboxylic acids is 1. The lowest BCUT2D eigenvalue weighted by molar-refractivity contribution is 0.109. The van der Waals surface area contributed by atoms with Gasteiger partial charge in [-0.25, -0.2) is 4.79 Å². The molecule has 1 unspecified atom stereocenters. The molecule has 1 atom stereocenters. The molecule has 0 spiro atoms. The van der Waals surface area contributed by atoms with Gasteiger partial charge in [0.05, 0.1) is 13.3 Å². The van der Waals surface area contributed by atoms with Crippen LogP contribution in [-0.2, 0) is 4.74 Å². The van der Waals surface area contributed by atoms with Crippen molar-refractivity contribution < 1.29 is 9.53 Å². The monoisotopic (exact) mass is 267 g/mol. The molecule has 19 heavy (non-hydrogen) atoms. The van der Waals surface area contributed by atoms with Gasteiger partial charge in [0.2, 0.25) is 0 Å². The second-order valence-corrected chi connectivity index (χ2v) is 4.77. The average Bonchev–Trinajstić information content (AvgIpc) is 2.44. The largest absolute Gasteiger partial charge is 0.453 e. The zero-order chi connectivity index (χ0) is 14.3. The number of amides is 1. The van der Waals surface area contributed by atoms with Gasteiger partial charge in [0.1, 0.15) is 0 Å². The van der Waals surface area contributed by atoms with Crippen molar-refractivity contribution in [3.63, 3.8) is 0 Å². The van der Waals surface area contributed by atoms with Crippen molar-refractivity contribution in [2.45, 2.75) is 32.0 Å². The third-order valence-corrected chi connectivity index (χ3v) is 3.45. The Bertz CT molecular complexity index is 334. The summed E-state index contributed by atoms with van der Waals surface area (Å²) < 4.78 is 4.73. The van der Waals surface area contributed by atoms with Gasteiger partial charge in [-0.05, 0) is 32.4 Å². The van der Waals surface area contributed by atoms with Crippen LogP contribution in [0.3, 0.4) is 0 Å². The summed E-state index contributed by atoms with van der Waals surface area (Å²) in [6.45, 7) is 7.26. The minimum absolute atomic E-state index is 0.146. The lowest BCUT2D eigenvalue weighted by Gasteiger charge is -2.34. The maximum Gasteiger partial charge on any atom is 0.409 e. The van der Waals surface area contributed by atoms with E-state index in [1.165, 1.54) is 12.7 Å². The maximum absolute atomic E-state index is 11.4. The van der Waals surface area contributed by atoms with E-state index in [1.807, 2.05) is 13.1 Å². The first-order valence-corrected chi connectivity index (χ1v) is 6.67. The molecule has 0 aliphatic carbocycles. The number of nitrogens with one attached hydrogen (secondary N) is 2. The summed E-state index contributed by atoms with van der Waals surface area (Å²) in [6, 6.07) is 0.409. The van der Waals surface area contributed by atoms with Crippen molar-refractivity contribution in [3.05, 3.63) is 24.3 Å². The van der Waals surface area contributed by atoms with E-state index in [2.05, 4.69) is 24.1 Å². The number of rotatable bonds is 5. The van der Waals surface area contributed by atoms with Crippen molar-refractivity contribution in [1.29, 1.82) is 0 Å². The summed E-state index contributed by atoms with van der Waals surface area (Å²) >= 11 is 0. The molecule has 1 saturated heterocycles. The Balaban J connectivity index is 2.45. The first-order valence-electron chi connectivity index (χ1n) is 6.67. The lowest BCUT2D eigenvalue weighted by atomic mass is 10.0. The molecule has 0 aromatic heterocycles. The number of allylic oxidation sites excluding steroid dienone is 2. The van der Waals surface area contributed by atoms with E-state index < -0.39 is 0 Å². The van der Waals surface area contributed by atoms with Crippen LogP contribution in [0.4, 0.5) is 4.79 Å². The van der Waals surface area contributed by atoms with Crippen LogP contribution in [0.2, 0.25) is 0 Å². The molecule has 5 nitrogen and oxygen atoms in total. The van der Waals surface area contributed by atoms with Crippen molar-refractivity contribution in [3.8, 4) is 0 Å². The molecule has 1 heterocycles. The highest BCUT2D eigenvalue weighted by molar-refractivity contribution is 5.67. The molecular formula is C14H25N3O2. The van der Waals surface area contributed by atoms with Crippen molar-refractivity contribution >= 4 is 6.09 Å². The summed E-state index contributed by atoms with van der Waals surface area (Å²) in [5.74, 6) is 0. The lowest BCUT2D eigenvalue weighted by Crippen LogP contribution is -2.51. The van der Waals surface area contributed by atoms with Crippen LogP contribution in [0.1, 0.15) is 19.8 Å². The van der Waals surface area contributed by atoms with Gasteiger partial charge in [-0.2, -0.15) is 0 Å². The highest BCUT2D eigenvalue weighted by Gasteiger charge is 2.24. The Labute approximate surface area is 115 Å². The molecule has 1 rings (SSSR count). The van der Waals surface area contributed by atoms with Crippen LogP contribution in [0.15, 0.2) is 24.3 Å². The minimum Gasteiger partial charge on any atom is -0.453 e. The fourth-order valence-corrected chi connectivity index (χ4v) is 2.32. The van der Waals surface area contributed by atoms with E-state index in [0.29, 0.717) is 6.04 Å². The first kappa shape index (κ1) is 15.7. The highest BCUT2D eigenvalue weighted by Crippen LogP contribution is 2.13. The topological polar surface area (TPSA) is 53.6 Å². The molecular weight excluding hydrogens is 242 g/mol. The third kappa shape index (κ3) is 4.69. The Morgan fingerprint density at radius 2 is 2.11 bits per heavy atom. The van der Waals surface area contributed by atoms with Crippen LogP contribution in [0.5, 0.6) is 0 Å². The van der Waals surface area contributed by atoms with E-state index in [0.717, 1.165) is 25.9 Å². The Hall–Kier alpha value is -1.33. The molecule has 1 amide bonds. The Kier molecular flexibility index (Phi) is 6.59. The zero-order valence-corrected chi connectivity index (χ0v) is 12.1. The summed E-state index contributed by atoms with van der Waals surface area (Å²) in [4.78, 5) is 13.1. The molecule has 0 radical (unpaired) electrons. The Morgan fingerprint density at radius 3 is 2.58 bits per heavy atom. The summed E-state index contributed by atoms with van der Waals surface area (Å²) in [5, 5.41) is 6.81. The van der Waals surface area contributed by atoms with Crippen molar-refractivity contribution in [2.24, 2.45) is 0 Å². The van der Waals surface area contributed by atoms with Gasteiger partial charge in [-0.3, -0.25) is 5.32 Å². The number of ether oxygens (including phenoxy) is 1. The minimum atomic E-state index is -0.230. The van der Waals surface area contributed by atoms with Gasteiger partial charge in [0, 0.05) is 19.1 Å². The smallest absolute Gasteiger partial charge is 0.409 e. The molecule has 0 bridgehead atoms. The standard InChI is InChI=1S/C14H25N3O2/c1-5-6-11(2)13(15-3)16-12-7-9-17(10-8-12)14(18)19-4/h5-6,12-13,15-16H,1,7-10H2,2-4H3/b11-6+. The maximum atomic E-state index is 11.4. The predicted molar refractivity (Wildman–Crippen MR) is 76.9 cm³/mol. The van der Waals surface area contributed by atoms with Gasteiger partial charge in [0.15, 0.2) is 0 Å². The fourth-order valence-electron chi connectivity index (χ4n) is 2.32. The fraction of sp³-hybridized carbons (Fsp3) is 0.643. The van der Waals surface area contributed by atoms with Crippen LogP contribution >= 0.6 is 0 Å². The second-order valence-electron chi connectivity index (χ2n) is 4.77. The zero-order valence-electron chi connectivity index (χ0n) is 12.1. The average molecular weight is 267 g/mol. The number of carbonyl (C=O) groups is 1. The number of nitrogens with zero attached hydrogens (tertiary/aromatic N) is 1. The van der Waals surface area contributed by atoms with Gasteiger partial charge < -0.3 is 15.0 Å². The van der Waals surface area contributed by atoms with Crippen LogP contribution in [0, 0.1) is 0 Å². The van der Waals surface area contributed by atoms with E-state index in [-0.39, 0.29) is 12.3 Å². The molecule has 2 N–H and O–H groups in total. The molecule has 0 aromatic rings. The van der Waals surface area contributed by atoms with Gasteiger partial charge in [0.25, 0.3) is 0 Å². The number of likely N-dealkylation sites (tertiary alicyclic amines) is 1.